The molecule has 0 spiro atoms. The molecule has 0 aliphatic rings. The number of benzene rings is 1. The van der Waals surface area contributed by atoms with Gasteiger partial charge in [-0.2, -0.15) is 0 Å². The lowest BCUT2D eigenvalue weighted by atomic mass is 9.91. The van der Waals surface area contributed by atoms with Crippen LogP contribution in [0.5, 0.6) is 0 Å². The molecule has 0 aliphatic heterocycles. The van der Waals surface area contributed by atoms with E-state index in [9.17, 15) is 14.4 Å². The van der Waals surface area contributed by atoms with E-state index in [1.54, 1.807) is 59.1 Å². The van der Waals surface area contributed by atoms with E-state index in [-0.39, 0.29) is 24.3 Å². The number of rotatable bonds is 7. The predicted octanol–water partition coefficient (Wildman–Crippen LogP) is 2.59. The zero-order valence-electron chi connectivity index (χ0n) is 18.1. The highest BCUT2D eigenvalue weighted by Gasteiger charge is 2.20. The zero-order valence-corrected chi connectivity index (χ0v) is 20.5. The minimum atomic E-state index is -0.629. The molecular weight excluding hydrogens is 459 g/mol. The fraction of sp³-hybridized carbons (Fsp3) is 0.409. The third-order valence-electron chi connectivity index (χ3n) is 4.33. The average Bonchev–Trinajstić information content (AvgIpc) is 2.93. The molecule has 1 aromatic carbocycles. The van der Waals surface area contributed by atoms with Gasteiger partial charge in [0.1, 0.15) is 11.2 Å². The summed E-state index contributed by atoms with van der Waals surface area (Å²) in [6.45, 7) is 7.28. The fourth-order valence-electron chi connectivity index (χ4n) is 2.66. The summed E-state index contributed by atoms with van der Waals surface area (Å²) >= 11 is 13.6. The number of hydrogen-bond donors (Lipinski definition) is 1. The molecule has 0 aliphatic carbocycles. The molecule has 0 saturated heterocycles. The second-order valence-corrected chi connectivity index (χ2v) is 10.0. The molecule has 1 N–H and O–H groups in total. The number of carbonyl (C=O) groups is 2. The minimum Gasteiger partial charge on any atom is -0.383 e. The van der Waals surface area contributed by atoms with Crippen molar-refractivity contribution in [1.29, 1.82) is 0 Å². The SMILES string of the molecule is COCC(C)NC(=O)Cn1c(=O)/c(=C\c2c(Cl)cccc2Cl)s/c1=C\C(=O)C(C)(C)C. The van der Waals surface area contributed by atoms with Gasteiger partial charge in [-0.3, -0.25) is 19.0 Å². The Kier molecular flexibility index (Phi) is 8.65. The standard InChI is InChI=1S/C22H26Cl2N2O4S/c1-13(12-30-5)25-19(28)11-26-20(10-18(27)22(2,3)4)31-17(21(26)29)9-14-15(23)7-6-8-16(14)24/h6-10,13H,11-12H2,1-5H3,(H,25,28)/b17-9+,20-10-. The van der Waals surface area contributed by atoms with Gasteiger partial charge in [-0.25, -0.2) is 0 Å². The number of carbonyl (C=O) groups excluding carboxylic acids is 2. The van der Waals surface area contributed by atoms with E-state index in [1.807, 2.05) is 0 Å². The van der Waals surface area contributed by atoms with E-state index in [2.05, 4.69) is 5.32 Å². The number of hydrogen-bond acceptors (Lipinski definition) is 5. The van der Waals surface area contributed by atoms with Crippen molar-refractivity contribution >= 4 is 58.4 Å². The van der Waals surface area contributed by atoms with Crippen molar-refractivity contribution in [3.8, 4) is 0 Å². The Morgan fingerprint density at radius 2 is 1.87 bits per heavy atom. The lowest BCUT2D eigenvalue weighted by molar-refractivity contribution is -0.123. The molecule has 1 aromatic heterocycles. The highest BCUT2D eigenvalue weighted by atomic mass is 35.5. The number of halogens is 2. The molecule has 0 fully saturated rings. The molecule has 2 aromatic rings. The van der Waals surface area contributed by atoms with Crippen molar-refractivity contribution in [2.75, 3.05) is 13.7 Å². The van der Waals surface area contributed by atoms with Crippen molar-refractivity contribution in [3.63, 3.8) is 0 Å². The monoisotopic (exact) mass is 484 g/mol. The van der Waals surface area contributed by atoms with Gasteiger partial charge >= 0.3 is 0 Å². The fourth-order valence-corrected chi connectivity index (χ4v) is 4.19. The van der Waals surface area contributed by atoms with Gasteiger partial charge in [0.05, 0.1) is 11.1 Å². The first-order valence-electron chi connectivity index (χ1n) is 9.64. The molecule has 31 heavy (non-hydrogen) atoms. The normalized spacial score (nSPS) is 14.0. The summed E-state index contributed by atoms with van der Waals surface area (Å²) in [7, 11) is 1.54. The van der Waals surface area contributed by atoms with Crippen LogP contribution in [0.15, 0.2) is 23.0 Å². The Bertz CT molecular complexity index is 1130. The summed E-state index contributed by atoms with van der Waals surface area (Å²) in [5.41, 5.74) is -0.526. The van der Waals surface area contributed by atoms with Gasteiger partial charge in [0.2, 0.25) is 5.91 Å². The average molecular weight is 485 g/mol. The number of methoxy groups -OCH3 is 1. The van der Waals surface area contributed by atoms with Crippen LogP contribution < -0.4 is 20.1 Å². The van der Waals surface area contributed by atoms with E-state index < -0.39 is 11.0 Å². The molecule has 0 bridgehead atoms. The van der Waals surface area contributed by atoms with Crippen LogP contribution in [0.4, 0.5) is 0 Å². The summed E-state index contributed by atoms with van der Waals surface area (Å²) in [5.74, 6) is -0.511. The topological polar surface area (TPSA) is 77.4 Å². The molecule has 0 saturated carbocycles. The van der Waals surface area contributed by atoms with Crippen molar-refractivity contribution in [1.82, 2.24) is 9.88 Å². The van der Waals surface area contributed by atoms with E-state index in [4.69, 9.17) is 27.9 Å². The molecule has 1 unspecified atom stereocenters. The second kappa shape index (κ2) is 10.6. The van der Waals surface area contributed by atoms with E-state index >= 15 is 0 Å². The van der Waals surface area contributed by atoms with Crippen LogP contribution in [-0.2, 0) is 20.9 Å². The molecule has 1 atom stereocenters. The number of ketones is 1. The highest BCUT2D eigenvalue weighted by Crippen LogP contribution is 2.24. The quantitative estimate of drug-likeness (QED) is 0.654. The van der Waals surface area contributed by atoms with Crippen LogP contribution in [0.1, 0.15) is 33.3 Å². The van der Waals surface area contributed by atoms with Gasteiger partial charge in [-0.1, -0.05) is 50.0 Å². The summed E-state index contributed by atoms with van der Waals surface area (Å²) in [4.78, 5) is 38.2. The second-order valence-electron chi connectivity index (χ2n) is 8.16. The van der Waals surface area contributed by atoms with E-state index in [0.29, 0.717) is 31.4 Å². The Labute approximate surface area is 195 Å². The number of nitrogens with one attached hydrogen (secondary N) is 1. The number of Topliss-reactive ketones (excluding diaryl/α,β-unsaturated/α-hetero) is 1. The van der Waals surface area contributed by atoms with Gasteiger partial charge in [-0.05, 0) is 25.1 Å². The van der Waals surface area contributed by atoms with Crippen LogP contribution in [0, 0.1) is 5.41 Å². The van der Waals surface area contributed by atoms with E-state index in [1.165, 1.54) is 10.6 Å². The molecule has 1 heterocycles. The van der Waals surface area contributed by atoms with Gasteiger partial charge in [0.15, 0.2) is 5.78 Å². The van der Waals surface area contributed by atoms with Crippen molar-refractivity contribution in [2.45, 2.75) is 40.3 Å². The van der Waals surface area contributed by atoms with Crippen molar-refractivity contribution in [2.24, 2.45) is 5.41 Å². The first kappa shape index (κ1) is 25.3. The summed E-state index contributed by atoms with van der Waals surface area (Å²) in [6, 6.07) is 4.84. The van der Waals surface area contributed by atoms with Crippen molar-refractivity contribution in [3.05, 3.63) is 53.4 Å². The number of aromatic nitrogens is 1. The maximum Gasteiger partial charge on any atom is 0.269 e. The zero-order chi connectivity index (χ0) is 23.3. The highest BCUT2D eigenvalue weighted by molar-refractivity contribution is 7.07. The lowest BCUT2D eigenvalue weighted by Crippen LogP contribution is -2.42. The van der Waals surface area contributed by atoms with Crippen LogP contribution in [0.25, 0.3) is 12.2 Å². The third-order valence-corrected chi connectivity index (χ3v) is 6.05. The van der Waals surface area contributed by atoms with Crippen LogP contribution in [-0.4, -0.2) is 36.0 Å². The van der Waals surface area contributed by atoms with Gasteiger partial charge in [0.25, 0.3) is 5.56 Å². The molecule has 9 heteroatoms. The molecule has 2 rings (SSSR count). The molecule has 1 amide bonds. The minimum absolute atomic E-state index is 0.155. The Balaban J connectivity index is 2.61. The Morgan fingerprint density at radius 3 is 2.42 bits per heavy atom. The number of nitrogens with zero attached hydrogens (tertiary/aromatic N) is 1. The van der Waals surface area contributed by atoms with Gasteiger partial charge in [0, 0.05) is 40.3 Å². The van der Waals surface area contributed by atoms with Gasteiger partial charge < -0.3 is 10.1 Å². The summed E-state index contributed by atoms with van der Waals surface area (Å²) in [6.07, 6.45) is 2.99. The molecule has 6 nitrogen and oxygen atoms in total. The maximum absolute atomic E-state index is 13.1. The van der Waals surface area contributed by atoms with Gasteiger partial charge in [-0.15, -0.1) is 11.3 Å². The largest absolute Gasteiger partial charge is 0.383 e. The number of ether oxygens (including phenoxy) is 1. The first-order chi connectivity index (χ1) is 14.4. The summed E-state index contributed by atoms with van der Waals surface area (Å²) in [5, 5.41) is 3.57. The van der Waals surface area contributed by atoms with Crippen LogP contribution in [0.3, 0.4) is 0 Å². The number of thiazole rings is 1. The van der Waals surface area contributed by atoms with E-state index in [0.717, 1.165) is 11.3 Å². The first-order valence-corrected chi connectivity index (χ1v) is 11.2. The number of amides is 1. The molecule has 168 valence electrons. The Hall–Kier alpha value is -1.93. The maximum atomic E-state index is 13.1. The van der Waals surface area contributed by atoms with Crippen LogP contribution in [0.2, 0.25) is 10.0 Å². The predicted molar refractivity (Wildman–Crippen MR) is 126 cm³/mol. The molecular formula is C22H26Cl2N2O4S. The lowest BCUT2D eigenvalue weighted by Gasteiger charge is -2.14. The van der Waals surface area contributed by atoms with Crippen LogP contribution >= 0.6 is 34.5 Å². The smallest absolute Gasteiger partial charge is 0.269 e. The molecule has 0 radical (unpaired) electrons. The summed E-state index contributed by atoms with van der Waals surface area (Å²) < 4.78 is 7.02. The third kappa shape index (κ3) is 6.77. The van der Waals surface area contributed by atoms with Crippen molar-refractivity contribution < 1.29 is 14.3 Å². The Morgan fingerprint density at radius 1 is 1.26 bits per heavy atom.